The topological polar surface area (TPSA) is 111 Å². The van der Waals surface area contributed by atoms with Gasteiger partial charge >= 0.3 is 11.9 Å². The number of carbonyl (C=O) groups excluding carboxylic acids is 2. The number of aliphatic carboxylic acids is 1. The number of anilines is 1. The number of hydrogen-bond acceptors (Lipinski definition) is 6. The number of thiophene rings is 1. The van der Waals surface area contributed by atoms with Crippen molar-refractivity contribution in [2.24, 2.45) is 0 Å². The molecule has 1 aliphatic rings. The molecule has 0 aromatic carbocycles. The van der Waals surface area contributed by atoms with Crippen LogP contribution in [0.4, 0.5) is 5.00 Å². The quantitative estimate of drug-likeness (QED) is 0.579. The van der Waals surface area contributed by atoms with Crippen molar-refractivity contribution in [2.75, 3.05) is 12.4 Å². The van der Waals surface area contributed by atoms with E-state index in [1.807, 2.05) is 0 Å². The lowest BCUT2D eigenvalue weighted by atomic mass is 10.1. The van der Waals surface area contributed by atoms with Gasteiger partial charge in [0.25, 0.3) is 5.91 Å². The summed E-state index contributed by atoms with van der Waals surface area (Å²) < 4.78 is 6.28. The first-order chi connectivity index (χ1) is 13.0. The minimum absolute atomic E-state index is 0.0931. The van der Waals surface area contributed by atoms with Gasteiger partial charge in [-0.1, -0.05) is 6.42 Å². The number of carboxylic acid groups (broad SMARTS) is 1. The van der Waals surface area contributed by atoms with E-state index in [2.05, 4.69) is 10.4 Å². The molecule has 0 spiro atoms. The fourth-order valence-electron chi connectivity index (χ4n) is 3.22. The molecule has 0 bridgehead atoms. The SMILES string of the molecule is COC(=O)c1c(NC(=O)c2ccnn2CCC(=O)O)sc2c1CCCCC2. The van der Waals surface area contributed by atoms with E-state index in [1.165, 1.54) is 35.4 Å². The highest BCUT2D eigenvalue weighted by molar-refractivity contribution is 7.17. The summed E-state index contributed by atoms with van der Waals surface area (Å²) in [6.07, 6.45) is 6.17. The highest BCUT2D eigenvalue weighted by Gasteiger charge is 2.27. The Kier molecular flexibility index (Phi) is 5.90. The summed E-state index contributed by atoms with van der Waals surface area (Å²) in [5.74, 6) is -1.85. The van der Waals surface area contributed by atoms with Crippen molar-refractivity contribution in [1.29, 1.82) is 0 Å². The zero-order chi connectivity index (χ0) is 19.4. The van der Waals surface area contributed by atoms with Gasteiger partial charge in [0.1, 0.15) is 10.7 Å². The molecule has 144 valence electrons. The number of ether oxygens (including phenoxy) is 1. The van der Waals surface area contributed by atoms with Gasteiger partial charge in [-0.15, -0.1) is 11.3 Å². The Bertz CT molecular complexity index is 870. The first-order valence-corrected chi connectivity index (χ1v) is 9.60. The number of aromatic nitrogens is 2. The molecule has 1 aliphatic carbocycles. The van der Waals surface area contributed by atoms with Crippen molar-refractivity contribution in [3.63, 3.8) is 0 Å². The van der Waals surface area contributed by atoms with Gasteiger partial charge in [0.05, 0.1) is 25.6 Å². The second kappa shape index (κ2) is 8.34. The molecule has 2 aromatic heterocycles. The van der Waals surface area contributed by atoms with Crippen LogP contribution in [0.15, 0.2) is 12.3 Å². The third-order valence-corrected chi connectivity index (χ3v) is 5.73. The first-order valence-electron chi connectivity index (χ1n) is 8.79. The van der Waals surface area contributed by atoms with Gasteiger partial charge in [-0.3, -0.25) is 14.3 Å². The highest BCUT2D eigenvalue weighted by atomic mass is 32.1. The first kappa shape index (κ1) is 19.1. The largest absolute Gasteiger partial charge is 0.481 e. The molecule has 1 amide bonds. The number of fused-ring (bicyclic) bond motifs is 1. The standard InChI is InChI=1S/C18H21N3O5S/c1-26-18(25)15-11-5-3-2-4-6-13(11)27-17(15)20-16(24)12-7-9-19-21(12)10-8-14(22)23/h7,9H,2-6,8,10H2,1H3,(H,20,24)(H,22,23). The van der Waals surface area contributed by atoms with E-state index in [9.17, 15) is 14.4 Å². The molecule has 2 heterocycles. The van der Waals surface area contributed by atoms with Crippen molar-refractivity contribution in [1.82, 2.24) is 9.78 Å². The summed E-state index contributed by atoms with van der Waals surface area (Å²) in [4.78, 5) is 36.9. The van der Waals surface area contributed by atoms with E-state index >= 15 is 0 Å². The molecule has 8 nitrogen and oxygen atoms in total. The van der Waals surface area contributed by atoms with Crippen molar-refractivity contribution in [3.05, 3.63) is 34.0 Å². The van der Waals surface area contributed by atoms with Crippen LogP contribution in [0.3, 0.4) is 0 Å². The lowest BCUT2D eigenvalue weighted by Crippen LogP contribution is -2.20. The molecule has 0 fully saturated rings. The van der Waals surface area contributed by atoms with Crippen LogP contribution in [0.1, 0.15) is 57.0 Å². The molecule has 0 unspecified atom stereocenters. The highest BCUT2D eigenvalue weighted by Crippen LogP contribution is 2.38. The second-order valence-electron chi connectivity index (χ2n) is 6.30. The Morgan fingerprint density at radius 1 is 1.30 bits per heavy atom. The van der Waals surface area contributed by atoms with Crippen LogP contribution in [0.25, 0.3) is 0 Å². The lowest BCUT2D eigenvalue weighted by Gasteiger charge is -2.09. The number of esters is 1. The van der Waals surface area contributed by atoms with Crippen LogP contribution >= 0.6 is 11.3 Å². The molecule has 27 heavy (non-hydrogen) atoms. The third kappa shape index (κ3) is 4.19. The van der Waals surface area contributed by atoms with Gasteiger partial charge in [0.2, 0.25) is 0 Å². The molecule has 0 radical (unpaired) electrons. The van der Waals surface area contributed by atoms with Gasteiger partial charge < -0.3 is 15.2 Å². The van der Waals surface area contributed by atoms with Gasteiger partial charge in [0, 0.05) is 11.1 Å². The molecule has 0 aliphatic heterocycles. The molecule has 9 heteroatoms. The summed E-state index contributed by atoms with van der Waals surface area (Å²) in [7, 11) is 1.33. The summed E-state index contributed by atoms with van der Waals surface area (Å²) in [5.41, 5.74) is 1.65. The van der Waals surface area contributed by atoms with Crippen LogP contribution in [-0.4, -0.2) is 39.8 Å². The van der Waals surface area contributed by atoms with E-state index in [4.69, 9.17) is 9.84 Å². The predicted molar refractivity (Wildman–Crippen MR) is 99.4 cm³/mol. The lowest BCUT2D eigenvalue weighted by molar-refractivity contribution is -0.137. The van der Waals surface area contributed by atoms with Crippen molar-refractivity contribution >= 4 is 34.2 Å². The van der Waals surface area contributed by atoms with Crippen LogP contribution < -0.4 is 5.32 Å². The summed E-state index contributed by atoms with van der Waals surface area (Å²) >= 11 is 1.41. The minimum Gasteiger partial charge on any atom is -0.481 e. The number of rotatable bonds is 6. The Morgan fingerprint density at radius 2 is 2.07 bits per heavy atom. The number of methoxy groups -OCH3 is 1. The van der Waals surface area contributed by atoms with E-state index in [-0.39, 0.29) is 18.7 Å². The Morgan fingerprint density at radius 3 is 2.81 bits per heavy atom. The number of carbonyl (C=O) groups is 3. The molecule has 0 saturated heterocycles. The zero-order valence-corrected chi connectivity index (χ0v) is 15.8. The van der Waals surface area contributed by atoms with Crippen LogP contribution in [0.2, 0.25) is 0 Å². The summed E-state index contributed by atoms with van der Waals surface area (Å²) in [6.45, 7) is 0.0931. The molecule has 2 N–H and O–H groups in total. The molecule has 0 atom stereocenters. The van der Waals surface area contributed by atoms with Gasteiger partial charge in [-0.2, -0.15) is 5.10 Å². The van der Waals surface area contributed by atoms with Crippen molar-refractivity contribution in [2.45, 2.75) is 45.1 Å². The number of aryl methyl sites for hydroxylation is 2. The second-order valence-corrected chi connectivity index (χ2v) is 7.40. The maximum absolute atomic E-state index is 12.7. The molecule has 3 rings (SSSR count). The Hall–Kier alpha value is -2.68. The zero-order valence-electron chi connectivity index (χ0n) is 15.0. The number of amides is 1. The number of nitrogens with one attached hydrogen (secondary N) is 1. The fraction of sp³-hybridized carbons (Fsp3) is 0.444. The number of nitrogens with zero attached hydrogens (tertiary/aromatic N) is 2. The number of carboxylic acids is 1. The normalized spacial score (nSPS) is 13.5. The Balaban J connectivity index is 1.87. The monoisotopic (exact) mass is 391 g/mol. The molecular formula is C18H21N3O5S. The average Bonchev–Trinajstić information content (AvgIpc) is 3.17. The van der Waals surface area contributed by atoms with E-state index in [0.29, 0.717) is 10.6 Å². The third-order valence-electron chi connectivity index (χ3n) is 4.52. The predicted octanol–water partition coefficient (Wildman–Crippen LogP) is 2.73. The van der Waals surface area contributed by atoms with Crippen molar-refractivity contribution in [3.8, 4) is 0 Å². The van der Waals surface area contributed by atoms with Crippen LogP contribution in [0.5, 0.6) is 0 Å². The molecule has 2 aromatic rings. The molecule has 0 saturated carbocycles. The smallest absolute Gasteiger partial charge is 0.341 e. The fourth-order valence-corrected chi connectivity index (χ4v) is 4.49. The number of hydrogen-bond donors (Lipinski definition) is 2. The Labute approximate surface area is 160 Å². The maximum Gasteiger partial charge on any atom is 0.341 e. The van der Waals surface area contributed by atoms with Gasteiger partial charge in [-0.05, 0) is 37.3 Å². The van der Waals surface area contributed by atoms with Crippen LogP contribution in [-0.2, 0) is 28.9 Å². The van der Waals surface area contributed by atoms with E-state index in [0.717, 1.165) is 42.5 Å². The summed E-state index contributed by atoms with van der Waals surface area (Å²) in [5, 5.41) is 16.1. The average molecular weight is 391 g/mol. The maximum atomic E-state index is 12.7. The molecular weight excluding hydrogens is 370 g/mol. The summed E-state index contributed by atoms with van der Waals surface area (Å²) in [6, 6.07) is 1.52. The van der Waals surface area contributed by atoms with E-state index in [1.54, 1.807) is 0 Å². The van der Waals surface area contributed by atoms with E-state index < -0.39 is 17.8 Å². The van der Waals surface area contributed by atoms with Crippen LogP contribution in [0, 0.1) is 0 Å². The van der Waals surface area contributed by atoms with Gasteiger partial charge in [0.15, 0.2) is 0 Å². The minimum atomic E-state index is -0.966. The van der Waals surface area contributed by atoms with Crippen molar-refractivity contribution < 1.29 is 24.2 Å². The van der Waals surface area contributed by atoms with Gasteiger partial charge in [-0.25, -0.2) is 4.79 Å².